The number of carbonyl (C=O) groups excluding carboxylic acids is 2. The van der Waals surface area contributed by atoms with Crippen LogP contribution in [0.3, 0.4) is 0 Å². The van der Waals surface area contributed by atoms with Crippen LogP contribution in [0, 0.1) is 0 Å². The van der Waals surface area contributed by atoms with Gasteiger partial charge in [-0.3, -0.25) is 9.59 Å². The van der Waals surface area contributed by atoms with Crippen molar-refractivity contribution in [2.75, 3.05) is 20.2 Å². The Morgan fingerprint density at radius 1 is 1.31 bits per heavy atom. The van der Waals surface area contributed by atoms with Gasteiger partial charge in [-0.05, 0) is 34.2 Å². The maximum Gasteiger partial charge on any atom is 0.305 e. The third-order valence-corrected chi connectivity index (χ3v) is 2.34. The zero-order chi connectivity index (χ0) is 12.6. The molecule has 0 fully saturated rings. The predicted molar refractivity (Wildman–Crippen MR) is 62.0 cm³/mol. The molecule has 0 aromatic rings. The largest absolute Gasteiger partial charge is 0.466 e. The summed E-state index contributed by atoms with van der Waals surface area (Å²) in [4.78, 5) is 22.6. The second-order valence-electron chi connectivity index (χ2n) is 4.04. The van der Waals surface area contributed by atoms with Gasteiger partial charge in [0, 0.05) is 13.0 Å². The third kappa shape index (κ3) is 5.70. The van der Waals surface area contributed by atoms with Gasteiger partial charge in [0.15, 0.2) is 0 Å². The summed E-state index contributed by atoms with van der Waals surface area (Å²) in [6, 6.07) is 0. The molecule has 94 valence electrons. The van der Waals surface area contributed by atoms with Gasteiger partial charge >= 0.3 is 5.97 Å². The normalized spacial score (nSPS) is 11.0. The third-order valence-electron chi connectivity index (χ3n) is 2.34. The fourth-order valence-corrected chi connectivity index (χ4v) is 1.00. The summed E-state index contributed by atoms with van der Waals surface area (Å²) < 4.78 is 4.77. The van der Waals surface area contributed by atoms with Gasteiger partial charge in [-0.1, -0.05) is 0 Å². The lowest BCUT2D eigenvalue weighted by Crippen LogP contribution is -2.51. The fraction of sp³-hybridized carbons (Fsp3) is 0.818. The van der Waals surface area contributed by atoms with Crippen molar-refractivity contribution in [1.82, 2.24) is 10.6 Å². The molecule has 0 spiro atoms. The Morgan fingerprint density at radius 2 is 1.94 bits per heavy atom. The highest BCUT2D eigenvalue weighted by Crippen LogP contribution is 2.00. The van der Waals surface area contributed by atoms with E-state index in [9.17, 15) is 9.59 Å². The molecule has 5 heteroatoms. The molecule has 5 nitrogen and oxygen atoms in total. The van der Waals surface area contributed by atoms with Crippen LogP contribution < -0.4 is 10.6 Å². The van der Waals surface area contributed by atoms with E-state index in [1.807, 2.05) is 0 Å². The van der Waals surface area contributed by atoms with Crippen molar-refractivity contribution < 1.29 is 14.3 Å². The molecule has 0 aliphatic carbocycles. The van der Waals surface area contributed by atoms with Gasteiger partial charge in [0.2, 0.25) is 5.91 Å². The molecule has 0 aromatic heterocycles. The molecular weight excluding hydrogens is 208 g/mol. The number of nitrogens with one attached hydrogen (secondary N) is 2. The summed E-state index contributed by atoms with van der Waals surface area (Å²) in [6.07, 6.45) is 0.943. The van der Waals surface area contributed by atoms with E-state index in [1.165, 1.54) is 0 Å². The van der Waals surface area contributed by atoms with Crippen LogP contribution in [0.15, 0.2) is 0 Å². The Morgan fingerprint density at radius 3 is 2.44 bits per heavy atom. The zero-order valence-corrected chi connectivity index (χ0v) is 10.6. The first-order valence-corrected chi connectivity index (χ1v) is 5.57. The van der Waals surface area contributed by atoms with Crippen molar-refractivity contribution in [3.63, 3.8) is 0 Å². The van der Waals surface area contributed by atoms with Gasteiger partial charge in [-0.15, -0.1) is 0 Å². The predicted octanol–water partition coefficient (Wildman–Crippen LogP) is 0.444. The number of esters is 1. The van der Waals surface area contributed by atoms with Crippen molar-refractivity contribution in [2.24, 2.45) is 0 Å². The van der Waals surface area contributed by atoms with E-state index in [1.54, 1.807) is 27.8 Å². The molecule has 0 radical (unpaired) electrons. The molecule has 0 aromatic carbocycles. The molecule has 2 N–H and O–H groups in total. The van der Waals surface area contributed by atoms with Crippen LogP contribution in [-0.4, -0.2) is 37.6 Å². The second kappa shape index (κ2) is 7.22. The highest BCUT2D eigenvalue weighted by atomic mass is 16.5. The molecule has 0 rings (SSSR count). The Hall–Kier alpha value is -1.10. The molecule has 0 saturated carbocycles. The monoisotopic (exact) mass is 230 g/mol. The summed E-state index contributed by atoms with van der Waals surface area (Å²) in [5.41, 5.74) is -0.579. The molecule has 0 aliphatic heterocycles. The van der Waals surface area contributed by atoms with Crippen LogP contribution in [0.4, 0.5) is 0 Å². The van der Waals surface area contributed by atoms with Crippen molar-refractivity contribution >= 4 is 11.9 Å². The number of likely N-dealkylation sites (N-methyl/N-ethyl adjacent to an activating group) is 1. The average Bonchev–Trinajstić information content (AvgIpc) is 2.24. The molecule has 0 aliphatic rings. The number of carbonyl (C=O) groups is 2. The minimum Gasteiger partial charge on any atom is -0.466 e. The summed E-state index contributed by atoms with van der Waals surface area (Å²) in [5, 5.41) is 5.67. The lowest BCUT2D eigenvalue weighted by molar-refractivity contribution is -0.143. The number of hydrogen-bond acceptors (Lipinski definition) is 4. The number of rotatable bonds is 7. The topological polar surface area (TPSA) is 67.4 Å². The Bertz CT molecular complexity index is 239. The Labute approximate surface area is 96.9 Å². The molecule has 0 saturated heterocycles. The van der Waals surface area contributed by atoms with Crippen molar-refractivity contribution in [3.05, 3.63) is 0 Å². The van der Waals surface area contributed by atoms with Gasteiger partial charge in [-0.25, -0.2) is 0 Å². The van der Waals surface area contributed by atoms with E-state index in [0.717, 1.165) is 0 Å². The van der Waals surface area contributed by atoms with Crippen LogP contribution in [-0.2, 0) is 14.3 Å². The quantitative estimate of drug-likeness (QED) is 0.492. The first kappa shape index (κ1) is 14.9. The smallest absolute Gasteiger partial charge is 0.305 e. The highest BCUT2D eigenvalue weighted by molar-refractivity contribution is 5.85. The van der Waals surface area contributed by atoms with Gasteiger partial charge < -0.3 is 15.4 Å². The highest BCUT2D eigenvalue weighted by Gasteiger charge is 2.24. The minimum atomic E-state index is -0.579. The SMILES string of the molecule is CCOC(=O)CCCNC(=O)C(C)(C)NC. The number of hydrogen-bond donors (Lipinski definition) is 2. The first-order chi connectivity index (χ1) is 7.44. The van der Waals surface area contributed by atoms with Crippen LogP contribution in [0.2, 0.25) is 0 Å². The van der Waals surface area contributed by atoms with Crippen molar-refractivity contribution in [1.29, 1.82) is 0 Å². The van der Waals surface area contributed by atoms with Crippen LogP contribution >= 0.6 is 0 Å². The van der Waals surface area contributed by atoms with Gasteiger partial charge in [0.25, 0.3) is 0 Å². The Kier molecular flexibility index (Phi) is 6.72. The summed E-state index contributed by atoms with van der Waals surface area (Å²) >= 11 is 0. The standard InChI is InChI=1S/C11H22N2O3/c1-5-16-9(14)7-6-8-13-10(15)11(2,3)12-4/h12H,5-8H2,1-4H3,(H,13,15). The average molecular weight is 230 g/mol. The van der Waals surface area contributed by atoms with Crippen LogP contribution in [0.5, 0.6) is 0 Å². The van der Waals surface area contributed by atoms with Gasteiger partial charge in [-0.2, -0.15) is 0 Å². The number of ether oxygens (including phenoxy) is 1. The van der Waals surface area contributed by atoms with Gasteiger partial charge in [0.05, 0.1) is 12.1 Å². The lowest BCUT2D eigenvalue weighted by atomic mass is 10.1. The molecule has 0 bridgehead atoms. The summed E-state index contributed by atoms with van der Waals surface area (Å²) in [6.45, 7) is 6.26. The van der Waals surface area contributed by atoms with Crippen LogP contribution in [0.25, 0.3) is 0 Å². The fourth-order valence-electron chi connectivity index (χ4n) is 1.00. The second-order valence-corrected chi connectivity index (χ2v) is 4.04. The van der Waals surface area contributed by atoms with Crippen molar-refractivity contribution in [2.45, 2.75) is 39.2 Å². The van der Waals surface area contributed by atoms with E-state index in [-0.39, 0.29) is 11.9 Å². The minimum absolute atomic E-state index is 0.0705. The summed E-state index contributed by atoms with van der Waals surface area (Å²) in [5.74, 6) is -0.288. The number of amides is 1. The van der Waals surface area contributed by atoms with E-state index < -0.39 is 5.54 Å². The molecule has 0 atom stereocenters. The van der Waals surface area contributed by atoms with E-state index in [2.05, 4.69) is 10.6 Å². The maximum absolute atomic E-state index is 11.6. The molecular formula is C11H22N2O3. The van der Waals surface area contributed by atoms with E-state index >= 15 is 0 Å². The molecule has 0 unspecified atom stereocenters. The zero-order valence-electron chi connectivity index (χ0n) is 10.6. The van der Waals surface area contributed by atoms with E-state index in [4.69, 9.17) is 4.74 Å². The summed E-state index contributed by atoms with van der Waals surface area (Å²) in [7, 11) is 1.73. The Balaban J connectivity index is 3.67. The molecule has 16 heavy (non-hydrogen) atoms. The van der Waals surface area contributed by atoms with Crippen molar-refractivity contribution in [3.8, 4) is 0 Å². The van der Waals surface area contributed by atoms with Crippen LogP contribution in [0.1, 0.15) is 33.6 Å². The maximum atomic E-state index is 11.6. The lowest BCUT2D eigenvalue weighted by Gasteiger charge is -2.22. The molecule has 1 amide bonds. The van der Waals surface area contributed by atoms with E-state index in [0.29, 0.717) is 26.0 Å². The first-order valence-electron chi connectivity index (χ1n) is 5.57. The van der Waals surface area contributed by atoms with Gasteiger partial charge in [0.1, 0.15) is 0 Å². The molecule has 0 heterocycles.